The fraction of sp³-hybridized carbons (Fsp3) is 0.429. The Morgan fingerprint density at radius 2 is 1.22 bits per heavy atom. The van der Waals surface area contributed by atoms with Crippen molar-refractivity contribution < 1.29 is 19.8 Å². The quantitative estimate of drug-likeness (QED) is 0.601. The highest BCUT2D eigenvalue weighted by Gasteiger charge is 2.23. The Labute approximate surface area is 106 Å². The molecule has 1 rings (SSSR count). The van der Waals surface area contributed by atoms with Gasteiger partial charge in [-0.15, -0.1) is 0 Å². The lowest BCUT2D eigenvalue weighted by atomic mass is 9.94. The highest BCUT2D eigenvalue weighted by Crippen LogP contribution is 2.31. The van der Waals surface area contributed by atoms with Gasteiger partial charge in [-0.3, -0.25) is 9.59 Å². The molecule has 0 atom stereocenters. The molecule has 0 heterocycles. The molecule has 0 unspecified atom stereocenters. The van der Waals surface area contributed by atoms with Crippen molar-refractivity contribution in [1.29, 1.82) is 0 Å². The fourth-order valence-electron chi connectivity index (χ4n) is 1.85. The number of benzene rings is 1. The summed E-state index contributed by atoms with van der Waals surface area (Å²) in [6.07, 6.45) is 1.72. The minimum absolute atomic E-state index is 0.0460. The van der Waals surface area contributed by atoms with Crippen LogP contribution in [0.25, 0.3) is 0 Å². The van der Waals surface area contributed by atoms with Crippen LogP contribution in [0, 0.1) is 0 Å². The van der Waals surface area contributed by atoms with Crippen molar-refractivity contribution in [3.05, 3.63) is 23.3 Å². The second-order valence-corrected chi connectivity index (χ2v) is 4.20. The van der Waals surface area contributed by atoms with Crippen molar-refractivity contribution >= 4 is 11.6 Å². The normalized spacial score (nSPS) is 10.3. The van der Waals surface area contributed by atoms with Gasteiger partial charge in [0.25, 0.3) is 0 Å². The number of phenolic OH excluding ortho intramolecular Hbond substituents is 2. The number of aromatic hydroxyl groups is 2. The summed E-state index contributed by atoms with van der Waals surface area (Å²) in [7, 11) is 0. The first-order valence-corrected chi connectivity index (χ1v) is 6.14. The molecule has 0 fully saturated rings. The first kappa shape index (κ1) is 14.2. The van der Waals surface area contributed by atoms with Crippen LogP contribution in [0.1, 0.15) is 60.2 Å². The smallest absolute Gasteiger partial charge is 0.167 e. The van der Waals surface area contributed by atoms with Gasteiger partial charge in [-0.1, -0.05) is 13.8 Å². The molecule has 0 bridgehead atoms. The lowest BCUT2D eigenvalue weighted by Gasteiger charge is -2.11. The summed E-state index contributed by atoms with van der Waals surface area (Å²) >= 11 is 0. The van der Waals surface area contributed by atoms with Gasteiger partial charge in [0, 0.05) is 12.8 Å². The van der Waals surface area contributed by atoms with E-state index in [0.29, 0.717) is 12.8 Å². The van der Waals surface area contributed by atoms with E-state index in [-0.39, 0.29) is 47.0 Å². The topological polar surface area (TPSA) is 74.6 Å². The summed E-state index contributed by atoms with van der Waals surface area (Å²) in [4.78, 5) is 23.8. The third-order valence-corrected chi connectivity index (χ3v) is 2.67. The van der Waals surface area contributed by atoms with E-state index in [1.807, 2.05) is 13.8 Å². The van der Waals surface area contributed by atoms with E-state index in [0.717, 1.165) is 0 Å². The maximum Gasteiger partial charge on any atom is 0.167 e. The van der Waals surface area contributed by atoms with Crippen LogP contribution in [0.2, 0.25) is 0 Å². The summed E-state index contributed by atoms with van der Waals surface area (Å²) in [6.45, 7) is 3.68. The average molecular weight is 250 g/mol. The Bertz CT molecular complexity index is 420. The van der Waals surface area contributed by atoms with Crippen LogP contribution in [0.5, 0.6) is 11.5 Å². The van der Waals surface area contributed by atoms with E-state index < -0.39 is 0 Å². The van der Waals surface area contributed by atoms with E-state index in [2.05, 4.69) is 0 Å². The van der Waals surface area contributed by atoms with Crippen LogP contribution in [0.4, 0.5) is 0 Å². The molecule has 18 heavy (non-hydrogen) atoms. The molecule has 1 aromatic rings. The fourth-order valence-corrected chi connectivity index (χ4v) is 1.85. The lowest BCUT2D eigenvalue weighted by Crippen LogP contribution is -2.09. The zero-order valence-corrected chi connectivity index (χ0v) is 10.7. The molecule has 98 valence electrons. The Balaban J connectivity index is 3.33. The zero-order chi connectivity index (χ0) is 13.7. The molecule has 0 amide bonds. The molecule has 1 aromatic carbocycles. The number of ketones is 2. The Morgan fingerprint density at radius 1 is 0.889 bits per heavy atom. The van der Waals surface area contributed by atoms with Crippen molar-refractivity contribution in [2.24, 2.45) is 0 Å². The van der Waals surface area contributed by atoms with Crippen LogP contribution in [-0.4, -0.2) is 21.8 Å². The molecular weight excluding hydrogens is 232 g/mol. The van der Waals surface area contributed by atoms with Gasteiger partial charge in [0.1, 0.15) is 11.5 Å². The summed E-state index contributed by atoms with van der Waals surface area (Å²) in [6, 6.07) is 2.47. The number of carbonyl (C=O) groups excluding carboxylic acids is 2. The minimum atomic E-state index is -0.314. The highest BCUT2D eigenvalue weighted by atomic mass is 16.3. The van der Waals surface area contributed by atoms with Crippen molar-refractivity contribution in [3.63, 3.8) is 0 Å². The molecule has 0 saturated heterocycles. The summed E-state index contributed by atoms with van der Waals surface area (Å²) in [5, 5.41) is 19.5. The van der Waals surface area contributed by atoms with Crippen molar-refractivity contribution in [1.82, 2.24) is 0 Å². The third kappa shape index (κ3) is 2.88. The van der Waals surface area contributed by atoms with Gasteiger partial charge in [-0.2, -0.15) is 0 Å². The van der Waals surface area contributed by atoms with Gasteiger partial charge < -0.3 is 10.2 Å². The molecule has 0 saturated carbocycles. The minimum Gasteiger partial charge on any atom is -0.507 e. The molecule has 0 aliphatic carbocycles. The first-order valence-electron chi connectivity index (χ1n) is 6.14. The van der Waals surface area contributed by atoms with Gasteiger partial charge in [0.05, 0.1) is 11.1 Å². The maximum atomic E-state index is 11.9. The summed E-state index contributed by atoms with van der Waals surface area (Å²) in [5.74, 6) is -1.12. The van der Waals surface area contributed by atoms with E-state index in [9.17, 15) is 19.8 Å². The second-order valence-electron chi connectivity index (χ2n) is 4.20. The van der Waals surface area contributed by atoms with Crippen LogP contribution >= 0.6 is 0 Å². The van der Waals surface area contributed by atoms with Crippen LogP contribution in [0.3, 0.4) is 0 Å². The third-order valence-electron chi connectivity index (χ3n) is 2.67. The number of phenols is 2. The van der Waals surface area contributed by atoms with Crippen molar-refractivity contribution in [2.45, 2.75) is 39.5 Å². The SMILES string of the molecule is CCCC(=O)c1c(O)ccc(O)c1C(=O)CCC. The number of Topliss-reactive ketones (excluding diaryl/α,β-unsaturated/α-hetero) is 2. The van der Waals surface area contributed by atoms with Crippen molar-refractivity contribution in [2.75, 3.05) is 0 Å². The molecule has 0 radical (unpaired) electrons. The van der Waals surface area contributed by atoms with Gasteiger partial charge in [-0.05, 0) is 25.0 Å². The molecule has 0 spiro atoms. The predicted octanol–water partition coefficient (Wildman–Crippen LogP) is 3.06. The Morgan fingerprint density at radius 3 is 1.50 bits per heavy atom. The number of hydrogen-bond acceptors (Lipinski definition) is 4. The van der Waals surface area contributed by atoms with Gasteiger partial charge in [0.15, 0.2) is 11.6 Å². The molecule has 2 N–H and O–H groups in total. The number of hydrogen-bond donors (Lipinski definition) is 2. The average Bonchev–Trinajstić information content (AvgIpc) is 2.32. The lowest BCUT2D eigenvalue weighted by molar-refractivity contribution is 0.0943. The molecule has 0 aliphatic heterocycles. The molecule has 4 nitrogen and oxygen atoms in total. The van der Waals surface area contributed by atoms with Gasteiger partial charge >= 0.3 is 0 Å². The van der Waals surface area contributed by atoms with E-state index >= 15 is 0 Å². The Kier molecular flexibility index (Phi) is 4.89. The summed E-state index contributed by atoms with van der Waals surface area (Å²) < 4.78 is 0. The highest BCUT2D eigenvalue weighted by molar-refractivity contribution is 6.12. The number of rotatable bonds is 6. The van der Waals surface area contributed by atoms with E-state index in [4.69, 9.17) is 0 Å². The molecule has 4 heteroatoms. The predicted molar refractivity (Wildman–Crippen MR) is 68.2 cm³/mol. The summed E-state index contributed by atoms with van der Waals surface area (Å²) in [5.41, 5.74) is -0.0920. The maximum absolute atomic E-state index is 11.9. The van der Waals surface area contributed by atoms with Gasteiger partial charge in [-0.25, -0.2) is 0 Å². The monoisotopic (exact) mass is 250 g/mol. The van der Waals surface area contributed by atoms with Crippen LogP contribution < -0.4 is 0 Å². The van der Waals surface area contributed by atoms with Crippen molar-refractivity contribution in [3.8, 4) is 11.5 Å². The molecule has 0 aromatic heterocycles. The van der Waals surface area contributed by atoms with Gasteiger partial charge in [0.2, 0.25) is 0 Å². The van der Waals surface area contributed by atoms with Crippen LogP contribution in [-0.2, 0) is 0 Å². The number of carbonyl (C=O) groups is 2. The zero-order valence-electron chi connectivity index (χ0n) is 10.7. The Hall–Kier alpha value is -1.84. The second kappa shape index (κ2) is 6.19. The molecule has 0 aliphatic rings. The first-order chi connectivity index (χ1) is 8.52. The standard InChI is InChI=1S/C14H18O4/c1-3-5-9(15)13-11(17)7-8-12(18)14(13)10(16)6-4-2/h7-8,17-18H,3-6H2,1-2H3. The van der Waals surface area contributed by atoms with E-state index in [1.54, 1.807) is 0 Å². The molecular formula is C14H18O4. The largest absolute Gasteiger partial charge is 0.507 e. The van der Waals surface area contributed by atoms with E-state index in [1.165, 1.54) is 12.1 Å². The van der Waals surface area contributed by atoms with Crippen LogP contribution in [0.15, 0.2) is 12.1 Å².